The standard InChI is InChI=1S/C18H26BrNO4/c1-6-13(7-2)16(18(22)23-5)20-17(21)12(4)24-15-9-8-11(3)10-14(15)19/h8-10,12-13,16H,6-7H2,1-5H3,(H,20,21)/t12-,16-/m1/s1. The fourth-order valence-electron chi connectivity index (χ4n) is 2.47. The van der Waals surface area contributed by atoms with Crippen LogP contribution in [0.25, 0.3) is 0 Å². The summed E-state index contributed by atoms with van der Waals surface area (Å²) in [6.45, 7) is 7.60. The first kappa shape index (κ1) is 20.5. The summed E-state index contributed by atoms with van der Waals surface area (Å²) < 4.78 is 11.3. The van der Waals surface area contributed by atoms with Gasteiger partial charge in [0, 0.05) is 0 Å². The first-order valence-electron chi connectivity index (χ1n) is 8.14. The molecule has 24 heavy (non-hydrogen) atoms. The van der Waals surface area contributed by atoms with Crippen molar-refractivity contribution in [2.45, 2.75) is 52.7 Å². The summed E-state index contributed by atoms with van der Waals surface area (Å²) in [5.74, 6) is -0.161. The molecule has 2 atom stereocenters. The Labute approximate surface area is 152 Å². The van der Waals surface area contributed by atoms with Crippen LogP contribution in [0.15, 0.2) is 22.7 Å². The van der Waals surface area contributed by atoms with E-state index >= 15 is 0 Å². The highest BCUT2D eigenvalue weighted by molar-refractivity contribution is 9.10. The van der Waals surface area contributed by atoms with Crippen LogP contribution in [0.2, 0.25) is 0 Å². The van der Waals surface area contributed by atoms with Gasteiger partial charge in [-0.1, -0.05) is 32.8 Å². The van der Waals surface area contributed by atoms with E-state index in [1.165, 1.54) is 7.11 Å². The number of carbonyl (C=O) groups excluding carboxylic acids is 2. The molecule has 1 amide bonds. The summed E-state index contributed by atoms with van der Waals surface area (Å²) in [5, 5.41) is 2.77. The maximum Gasteiger partial charge on any atom is 0.328 e. The molecule has 0 radical (unpaired) electrons. The fourth-order valence-corrected chi connectivity index (χ4v) is 3.06. The Bertz CT molecular complexity index is 572. The van der Waals surface area contributed by atoms with Crippen LogP contribution >= 0.6 is 15.9 Å². The molecule has 0 saturated carbocycles. The van der Waals surface area contributed by atoms with Gasteiger partial charge >= 0.3 is 5.97 Å². The summed E-state index contributed by atoms with van der Waals surface area (Å²) >= 11 is 3.42. The summed E-state index contributed by atoms with van der Waals surface area (Å²) in [4.78, 5) is 24.4. The number of carbonyl (C=O) groups is 2. The monoisotopic (exact) mass is 399 g/mol. The number of halogens is 1. The van der Waals surface area contributed by atoms with E-state index in [-0.39, 0.29) is 11.8 Å². The molecule has 134 valence electrons. The molecule has 5 nitrogen and oxygen atoms in total. The number of ether oxygens (including phenoxy) is 2. The van der Waals surface area contributed by atoms with E-state index in [0.717, 1.165) is 22.9 Å². The number of methoxy groups -OCH3 is 1. The van der Waals surface area contributed by atoms with Crippen molar-refractivity contribution in [3.63, 3.8) is 0 Å². The highest BCUT2D eigenvalue weighted by Crippen LogP contribution is 2.26. The van der Waals surface area contributed by atoms with E-state index in [1.807, 2.05) is 39.0 Å². The van der Waals surface area contributed by atoms with Crippen molar-refractivity contribution in [3.8, 4) is 5.75 Å². The van der Waals surface area contributed by atoms with Crippen molar-refractivity contribution < 1.29 is 19.1 Å². The number of benzene rings is 1. The molecule has 1 rings (SSSR count). The third-order valence-corrected chi connectivity index (χ3v) is 4.65. The van der Waals surface area contributed by atoms with Crippen LogP contribution in [0.4, 0.5) is 0 Å². The molecule has 6 heteroatoms. The minimum atomic E-state index is -0.731. The van der Waals surface area contributed by atoms with E-state index in [2.05, 4.69) is 21.2 Å². The van der Waals surface area contributed by atoms with E-state index in [0.29, 0.717) is 5.75 Å². The number of hydrogen-bond donors (Lipinski definition) is 1. The second-order valence-corrected chi connectivity index (χ2v) is 6.63. The topological polar surface area (TPSA) is 64.6 Å². The van der Waals surface area contributed by atoms with Crippen molar-refractivity contribution in [2.75, 3.05) is 7.11 Å². The molecule has 0 aromatic heterocycles. The van der Waals surface area contributed by atoms with Crippen LogP contribution in [0.5, 0.6) is 5.75 Å². The lowest BCUT2D eigenvalue weighted by Crippen LogP contribution is -2.50. The number of hydrogen-bond acceptors (Lipinski definition) is 4. The van der Waals surface area contributed by atoms with Crippen LogP contribution in [0.1, 0.15) is 39.2 Å². The summed E-state index contributed by atoms with van der Waals surface area (Å²) in [6.07, 6.45) is 0.815. The molecule has 0 bridgehead atoms. The van der Waals surface area contributed by atoms with Crippen LogP contribution in [-0.4, -0.2) is 31.1 Å². The SMILES string of the molecule is CCC(CC)[C@@H](NC(=O)[C@@H](C)Oc1ccc(C)cc1Br)C(=O)OC. The van der Waals surface area contributed by atoms with Crippen molar-refractivity contribution in [1.82, 2.24) is 5.32 Å². The van der Waals surface area contributed by atoms with E-state index < -0.39 is 18.1 Å². The Morgan fingerprint density at radius 3 is 2.38 bits per heavy atom. The minimum absolute atomic E-state index is 0.0275. The lowest BCUT2D eigenvalue weighted by Gasteiger charge is -2.25. The highest BCUT2D eigenvalue weighted by Gasteiger charge is 2.30. The van der Waals surface area contributed by atoms with E-state index in [4.69, 9.17) is 9.47 Å². The first-order chi connectivity index (χ1) is 11.3. The van der Waals surface area contributed by atoms with Gasteiger partial charge in [-0.15, -0.1) is 0 Å². The van der Waals surface area contributed by atoms with E-state index in [9.17, 15) is 9.59 Å². The number of esters is 1. The van der Waals surface area contributed by atoms with Gasteiger partial charge in [-0.05, 0) is 53.4 Å². The van der Waals surface area contributed by atoms with Crippen molar-refractivity contribution in [3.05, 3.63) is 28.2 Å². The molecule has 0 fully saturated rings. The van der Waals surface area contributed by atoms with Gasteiger partial charge in [-0.25, -0.2) is 4.79 Å². The minimum Gasteiger partial charge on any atom is -0.480 e. The van der Waals surface area contributed by atoms with Gasteiger partial charge in [-0.2, -0.15) is 0 Å². The summed E-state index contributed by atoms with van der Waals surface area (Å²) in [5.41, 5.74) is 1.09. The Morgan fingerprint density at radius 1 is 1.25 bits per heavy atom. The molecule has 0 unspecified atom stereocenters. The van der Waals surface area contributed by atoms with E-state index in [1.54, 1.807) is 6.92 Å². The van der Waals surface area contributed by atoms with Crippen LogP contribution in [0.3, 0.4) is 0 Å². The predicted molar refractivity (Wildman–Crippen MR) is 97.0 cm³/mol. The number of amides is 1. The number of aryl methyl sites for hydroxylation is 1. The van der Waals surface area contributed by atoms with Gasteiger partial charge < -0.3 is 14.8 Å². The molecule has 0 saturated heterocycles. The second-order valence-electron chi connectivity index (χ2n) is 5.78. The zero-order valence-electron chi connectivity index (χ0n) is 14.9. The van der Waals surface area contributed by atoms with Gasteiger partial charge in [0.1, 0.15) is 11.8 Å². The molecule has 0 aliphatic carbocycles. The molecule has 0 heterocycles. The third-order valence-electron chi connectivity index (χ3n) is 4.03. The Hall–Kier alpha value is -1.56. The molecule has 0 aliphatic rings. The van der Waals surface area contributed by atoms with Crippen molar-refractivity contribution >= 4 is 27.8 Å². The quantitative estimate of drug-likeness (QED) is 0.677. The van der Waals surface area contributed by atoms with Gasteiger partial charge in [0.05, 0.1) is 11.6 Å². The molecule has 1 N–H and O–H groups in total. The van der Waals surface area contributed by atoms with Crippen LogP contribution in [-0.2, 0) is 14.3 Å². The molecule has 0 spiro atoms. The zero-order chi connectivity index (χ0) is 18.3. The first-order valence-corrected chi connectivity index (χ1v) is 8.94. The maximum absolute atomic E-state index is 12.4. The molecule has 1 aromatic rings. The van der Waals surface area contributed by atoms with Crippen molar-refractivity contribution in [2.24, 2.45) is 5.92 Å². The van der Waals surface area contributed by atoms with Crippen LogP contribution in [0, 0.1) is 12.8 Å². The number of rotatable bonds is 8. The average molecular weight is 400 g/mol. The average Bonchev–Trinajstić information content (AvgIpc) is 2.56. The molecule has 1 aromatic carbocycles. The fraction of sp³-hybridized carbons (Fsp3) is 0.556. The number of nitrogens with one attached hydrogen (secondary N) is 1. The molecular formula is C18H26BrNO4. The normalized spacial score (nSPS) is 13.3. The van der Waals surface area contributed by atoms with Gasteiger partial charge in [0.15, 0.2) is 6.10 Å². The molecular weight excluding hydrogens is 374 g/mol. The highest BCUT2D eigenvalue weighted by atomic mass is 79.9. The Kier molecular flexibility index (Phi) is 8.25. The smallest absolute Gasteiger partial charge is 0.328 e. The zero-order valence-corrected chi connectivity index (χ0v) is 16.5. The predicted octanol–water partition coefficient (Wildman–Crippen LogP) is 3.62. The van der Waals surface area contributed by atoms with Crippen molar-refractivity contribution in [1.29, 1.82) is 0 Å². The third kappa shape index (κ3) is 5.51. The lowest BCUT2D eigenvalue weighted by molar-refractivity contribution is -0.147. The Balaban J connectivity index is 2.80. The van der Waals surface area contributed by atoms with Gasteiger partial charge in [0.2, 0.25) is 0 Å². The van der Waals surface area contributed by atoms with Crippen LogP contribution < -0.4 is 10.1 Å². The summed E-state index contributed by atoms with van der Waals surface area (Å²) in [6, 6.07) is 4.97. The summed E-state index contributed by atoms with van der Waals surface area (Å²) in [7, 11) is 1.33. The Morgan fingerprint density at radius 2 is 1.88 bits per heavy atom. The second kappa shape index (κ2) is 9.67. The van der Waals surface area contributed by atoms with Gasteiger partial charge in [0.25, 0.3) is 5.91 Å². The largest absolute Gasteiger partial charge is 0.480 e. The lowest BCUT2D eigenvalue weighted by atomic mass is 9.94. The maximum atomic E-state index is 12.4. The van der Waals surface area contributed by atoms with Gasteiger partial charge in [-0.3, -0.25) is 4.79 Å². The molecule has 0 aliphatic heterocycles.